The third-order valence-corrected chi connectivity index (χ3v) is 7.32. The van der Waals surface area contributed by atoms with E-state index in [1.54, 1.807) is 4.57 Å². The molecule has 1 atom stereocenters. The van der Waals surface area contributed by atoms with Gasteiger partial charge in [-0.3, -0.25) is 0 Å². The number of para-hydroxylation sites is 1. The van der Waals surface area contributed by atoms with Crippen molar-refractivity contribution in [3.63, 3.8) is 0 Å². The van der Waals surface area contributed by atoms with Crippen LogP contribution in [0.15, 0.2) is 35.1 Å². The standard InChI is InChI=1S/C22H31NO3Se/c1-4-17(2)22(25)26-14-10-6-5-7-11-15-27-20-16-21(24)23(3)19-13-9-8-12-18(19)20/h8-9,12-13,16-17H,4-7,10-11,14-15H2,1-3H3. The second kappa shape index (κ2) is 11.3. The van der Waals surface area contributed by atoms with E-state index in [1.165, 1.54) is 29.1 Å². The van der Waals surface area contributed by atoms with Gasteiger partial charge in [-0.25, -0.2) is 0 Å². The summed E-state index contributed by atoms with van der Waals surface area (Å²) >= 11 is 0.332. The molecule has 1 heterocycles. The first-order chi connectivity index (χ1) is 13.0. The topological polar surface area (TPSA) is 48.3 Å². The van der Waals surface area contributed by atoms with Crippen molar-refractivity contribution in [3.8, 4) is 0 Å². The molecule has 5 heteroatoms. The number of benzene rings is 1. The van der Waals surface area contributed by atoms with Crippen molar-refractivity contribution in [3.05, 3.63) is 40.7 Å². The van der Waals surface area contributed by atoms with Crippen LogP contribution in [0.3, 0.4) is 0 Å². The summed E-state index contributed by atoms with van der Waals surface area (Å²) in [7, 11) is 1.83. The molecule has 1 aromatic carbocycles. The maximum absolute atomic E-state index is 12.1. The van der Waals surface area contributed by atoms with Crippen LogP contribution in [0.2, 0.25) is 5.32 Å². The molecule has 148 valence electrons. The van der Waals surface area contributed by atoms with Crippen molar-refractivity contribution in [2.75, 3.05) is 6.61 Å². The van der Waals surface area contributed by atoms with Crippen LogP contribution in [0.25, 0.3) is 10.9 Å². The number of rotatable bonds is 11. The molecule has 0 N–H and O–H groups in total. The Morgan fingerprint density at radius 2 is 1.85 bits per heavy atom. The van der Waals surface area contributed by atoms with Gasteiger partial charge in [0.1, 0.15) is 0 Å². The first-order valence-corrected chi connectivity index (χ1v) is 12.0. The summed E-state index contributed by atoms with van der Waals surface area (Å²) < 4.78 is 8.22. The molecule has 0 aliphatic heterocycles. The predicted molar refractivity (Wildman–Crippen MR) is 113 cm³/mol. The van der Waals surface area contributed by atoms with Crippen LogP contribution in [0.4, 0.5) is 0 Å². The Morgan fingerprint density at radius 1 is 1.15 bits per heavy atom. The zero-order valence-electron chi connectivity index (χ0n) is 16.7. The molecule has 4 nitrogen and oxygen atoms in total. The van der Waals surface area contributed by atoms with E-state index in [2.05, 4.69) is 6.07 Å². The molecule has 2 rings (SSSR count). The normalized spacial score (nSPS) is 12.3. The van der Waals surface area contributed by atoms with Gasteiger partial charge < -0.3 is 0 Å². The number of nitrogens with zero attached hydrogens (tertiary/aromatic N) is 1. The third-order valence-electron chi connectivity index (χ3n) is 4.92. The Morgan fingerprint density at radius 3 is 2.63 bits per heavy atom. The van der Waals surface area contributed by atoms with Crippen molar-refractivity contribution in [1.82, 2.24) is 4.57 Å². The Balaban J connectivity index is 1.65. The van der Waals surface area contributed by atoms with Gasteiger partial charge >= 0.3 is 168 Å². The third kappa shape index (κ3) is 6.51. The summed E-state index contributed by atoms with van der Waals surface area (Å²) in [6, 6.07) is 9.98. The second-order valence-corrected chi connectivity index (χ2v) is 9.40. The van der Waals surface area contributed by atoms with Gasteiger partial charge in [0.05, 0.1) is 0 Å². The molecule has 0 aliphatic rings. The SMILES string of the molecule is CCC(C)C(=O)OCCCCCCC[Se]c1cc(=O)n(C)c2ccccc12. The summed E-state index contributed by atoms with van der Waals surface area (Å²) in [5.74, 6) is -0.0560. The van der Waals surface area contributed by atoms with E-state index >= 15 is 0 Å². The summed E-state index contributed by atoms with van der Waals surface area (Å²) in [4.78, 5) is 23.7. The number of carbonyl (C=O) groups excluding carboxylic acids is 1. The van der Waals surface area contributed by atoms with Gasteiger partial charge in [0.15, 0.2) is 0 Å². The van der Waals surface area contributed by atoms with Gasteiger partial charge in [-0.05, 0) is 0 Å². The predicted octanol–water partition coefficient (Wildman–Crippen LogP) is 3.83. The summed E-state index contributed by atoms with van der Waals surface area (Å²) in [6.07, 6.45) is 6.46. The molecule has 2 aromatic rings. The van der Waals surface area contributed by atoms with Crippen molar-refractivity contribution in [1.29, 1.82) is 0 Å². The number of pyridine rings is 1. The molecular formula is C22H31NO3Se. The zero-order valence-corrected chi connectivity index (χ0v) is 18.4. The molecule has 0 fully saturated rings. The number of aryl methyl sites for hydroxylation is 1. The first-order valence-electron chi connectivity index (χ1n) is 9.92. The van der Waals surface area contributed by atoms with Gasteiger partial charge in [-0.2, -0.15) is 0 Å². The van der Waals surface area contributed by atoms with Gasteiger partial charge in [0.25, 0.3) is 0 Å². The van der Waals surface area contributed by atoms with Gasteiger partial charge in [-0.1, -0.05) is 0 Å². The first kappa shape index (κ1) is 21.7. The van der Waals surface area contributed by atoms with Crippen LogP contribution in [0, 0.1) is 5.92 Å². The van der Waals surface area contributed by atoms with Crippen LogP contribution < -0.4 is 10.0 Å². The monoisotopic (exact) mass is 437 g/mol. The molecule has 0 spiro atoms. The van der Waals surface area contributed by atoms with E-state index in [0.717, 1.165) is 30.1 Å². The Kier molecular flexibility index (Phi) is 9.09. The molecule has 0 radical (unpaired) electrons. The quantitative estimate of drug-likeness (QED) is 0.306. The van der Waals surface area contributed by atoms with Crippen LogP contribution in [0.5, 0.6) is 0 Å². The average molecular weight is 436 g/mol. The molecule has 0 aliphatic carbocycles. The molecule has 0 saturated carbocycles. The van der Waals surface area contributed by atoms with Crippen LogP contribution >= 0.6 is 0 Å². The number of ether oxygens (including phenoxy) is 1. The molecule has 1 aromatic heterocycles. The summed E-state index contributed by atoms with van der Waals surface area (Å²) in [6.45, 7) is 4.46. The second-order valence-electron chi connectivity index (χ2n) is 7.02. The van der Waals surface area contributed by atoms with Crippen molar-refractivity contribution >= 4 is 36.3 Å². The fraction of sp³-hybridized carbons (Fsp3) is 0.545. The van der Waals surface area contributed by atoms with Gasteiger partial charge in [0.2, 0.25) is 0 Å². The van der Waals surface area contributed by atoms with E-state index < -0.39 is 0 Å². The van der Waals surface area contributed by atoms with E-state index in [9.17, 15) is 9.59 Å². The molecular weight excluding hydrogens is 405 g/mol. The van der Waals surface area contributed by atoms with E-state index in [-0.39, 0.29) is 17.4 Å². The number of hydrogen-bond donors (Lipinski definition) is 0. The zero-order chi connectivity index (χ0) is 19.6. The number of aromatic nitrogens is 1. The number of hydrogen-bond acceptors (Lipinski definition) is 3. The van der Waals surface area contributed by atoms with Crippen molar-refractivity contribution in [2.24, 2.45) is 13.0 Å². The molecule has 0 saturated heterocycles. The van der Waals surface area contributed by atoms with Crippen LogP contribution in [-0.2, 0) is 16.6 Å². The number of carbonyl (C=O) groups is 1. The van der Waals surface area contributed by atoms with Crippen molar-refractivity contribution < 1.29 is 9.53 Å². The Bertz CT molecular complexity index is 800. The van der Waals surface area contributed by atoms with Crippen LogP contribution in [-0.4, -0.2) is 32.1 Å². The van der Waals surface area contributed by atoms with Crippen LogP contribution in [0.1, 0.15) is 52.4 Å². The van der Waals surface area contributed by atoms with Crippen molar-refractivity contribution in [2.45, 2.75) is 57.7 Å². The molecule has 27 heavy (non-hydrogen) atoms. The fourth-order valence-electron chi connectivity index (χ4n) is 2.90. The molecule has 0 bridgehead atoms. The minimum absolute atomic E-state index is 0.0122. The number of esters is 1. The Labute approximate surface area is 168 Å². The molecule has 1 unspecified atom stereocenters. The Hall–Kier alpha value is -1.58. The maximum atomic E-state index is 12.1. The summed E-state index contributed by atoms with van der Waals surface area (Å²) in [5.41, 5.74) is 1.10. The molecule has 0 amide bonds. The minimum atomic E-state index is -0.0681. The number of unbranched alkanes of at least 4 members (excludes halogenated alkanes) is 4. The average Bonchev–Trinajstić information content (AvgIpc) is 2.69. The van der Waals surface area contributed by atoms with E-state index in [4.69, 9.17) is 4.74 Å². The number of fused-ring (bicyclic) bond motifs is 1. The fourth-order valence-corrected chi connectivity index (χ4v) is 5.16. The summed E-state index contributed by atoms with van der Waals surface area (Å²) in [5, 5.41) is 2.37. The van der Waals surface area contributed by atoms with E-state index in [1.807, 2.05) is 45.2 Å². The van der Waals surface area contributed by atoms with Gasteiger partial charge in [-0.15, -0.1) is 0 Å². The van der Waals surface area contributed by atoms with E-state index in [0.29, 0.717) is 21.6 Å². The van der Waals surface area contributed by atoms with Gasteiger partial charge in [0, 0.05) is 0 Å².